The maximum absolute atomic E-state index is 5.03. The summed E-state index contributed by atoms with van der Waals surface area (Å²) in [5.74, 6) is 0. The van der Waals surface area contributed by atoms with Crippen molar-refractivity contribution in [2.45, 2.75) is 12.8 Å². The SMILES string of the molecule is c1ccc2c(c1)Cc1c-2ccc2c1Cc1ccc3c(c1-2)c1ccncc1n1c2ncccc2nc31. The van der Waals surface area contributed by atoms with E-state index in [1.807, 2.05) is 30.7 Å². The van der Waals surface area contributed by atoms with Crippen LogP contribution in [0.15, 0.2) is 85.3 Å². The Kier molecular flexibility index (Phi) is 3.11. The van der Waals surface area contributed by atoms with Crippen molar-refractivity contribution in [3.05, 3.63) is 108 Å². The number of aromatic nitrogens is 4. The summed E-state index contributed by atoms with van der Waals surface area (Å²) >= 11 is 0. The van der Waals surface area contributed by atoms with Crippen LogP contribution < -0.4 is 0 Å². The number of imidazole rings is 1. The van der Waals surface area contributed by atoms with Gasteiger partial charge in [-0.25, -0.2) is 9.97 Å². The lowest BCUT2D eigenvalue weighted by molar-refractivity contribution is 1.16. The number of hydrogen-bond donors (Lipinski definition) is 0. The van der Waals surface area contributed by atoms with Crippen molar-refractivity contribution in [1.29, 1.82) is 0 Å². The quantitative estimate of drug-likeness (QED) is 0.243. The van der Waals surface area contributed by atoms with Gasteiger partial charge in [-0.05, 0) is 75.5 Å². The molecule has 9 rings (SSSR count). The van der Waals surface area contributed by atoms with E-state index < -0.39 is 0 Å². The van der Waals surface area contributed by atoms with Crippen LogP contribution >= 0.6 is 0 Å². The average Bonchev–Trinajstić information content (AvgIpc) is 3.59. The fourth-order valence-corrected chi connectivity index (χ4v) is 6.57. The predicted octanol–water partition coefficient (Wildman–Crippen LogP) is 6.73. The van der Waals surface area contributed by atoms with Crippen LogP contribution in [0, 0.1) is 0 Å². The first kappa shape index (κ1) is 17.8. The van der Waals surface area contributed by atoms with E-state index in [0.717, 1.165) is 40.6 Å². The van der Waals surface area contributed by atoms with Gasteiger partial charge in [0.15, 0.2) is 5.65 Å². The standard InChI is InChI=1S/C31H18N4/c1-2-5-19-17(4-1)14-24-20(19)9-10-21-25(24)15-18-7-8-23-29(28(18)21)22-11-13-32-16-27(22)35-30(23)34-26-6-3-12-33-31(26)35/h1-13,16H,14-15H2. The van der Waals surface area contributed by atoms with Crippen LogP contribution in [-0.2, 0) is 12.8 Å². The van der Waals surface area contributed by atoms with Gasteiger partial charge in [-0.3, -0.25) is 9.38 Å². The molecule has 3 aromatic carbocycles. The lowest BCUT2D eigenvalue weighted by Gasteiger charge is -2.13. The largest absolute Gasteiger partial charge is 0.274 e. The molecule has 0 radical (unpaired) electrons. The first-order valence-electron chi connectivity index (χ1n) is 12.0. The molecule has 4 aromatic heterocycles. The number of hydrogen-bond acceptors (Lipinski definition) is 3. The molecule has 0 amide bonds. The molecule has 0 spiro atoms. The van der Waals surface area contributed by atoms with E-state index in [1.165, 1.54) is 55.3 Å². The first-order valence-corrected chi connectivity index (χ1v) is 12.0. The zero-order valence-electron chi connectivity index (χ0n) is 18.8. The van der Waals surface area contributed by atoms with E-state index in [9.17, 15) is 0 Å². The minimum atomic E-state index is 0.874. The molecule has 0 N–H and O–H groups in total. The molecule has 0 unspecified atom stereocenters. The average molecular weight is 447 g/mol. The molecule has 0 fully saturated rings. The number of benzene rings is 3. The van der Waals surface area contributed by atoms with Gasteiger partial charge in [-0.2, -0.15) is 0 Å². The molecule has 2 aliphatic rings. The van der Waals surface area contributed by atoms with E-state index >= 15 is 0 Å². The van der Waals surface area contributed by atoms with Gasteiger partial charge < -0.3 is 0 Å². The van der Waals surface area contributed by atoms with E-state index in [-0.39, 0.29) is 0 Å². The number of pyridine rings is 3. The molecule has 0 saturated carbocycles. The summed E-state index contributed by atoms with van der Waals surface area (Å²) in [4.78, 5) is 14.2. The molecule has 2 aliphatic carbocycles. The van der Waals surface area contributed by atoms with Gasteiger partial charge in [0.1, 0.15) is 11.2 Å². The summed E-state index contributed by atoms with van der Waals surface area (Å²) < 4.78 is 2.17. The second kappa shape index (κ2) is 6.10. The Balaban J connectivity index is 1.44. The van der Waals surface area contributed by atoms with Gasteiger partial charge in [0.2, 0.25) is 0 Å². The second-order valence-electron chi connectivity index (χ2n) is 9.66. The minimum Gasteiger partial charge on any atom is -0.274 e. The highest BCUT2D eigenvalue weighted by atomic mass is 15.1. The Bertz CT molecular complexity index is 2070. The van der Waals surface area contributed by atoms with Gasteiger partial charge >= 0.3 is 0 Å². The second-order valence-corrected chi connectivity index (χ2v) is 9.66. The Hall–Kier alpha value is -4.57. The molecular formula is C31H18N4. The molecule has 162 valence electrons. The fraction of sp³-hybridized carbons (Fsp3) is 0.0645. The smallest absolute Gasteiger partial charge is 0.165 e. The van der Waals surface area contributed by atoms with Crippen LogP contribution in [-0.4, -0.2) is 19.4 Å². The fourth-order valence-electron chi connectivity index (χ4n) is 6.57. The molecule has 0 aliphatic heterocycles. The number of rotatable bonds is 0. The van der Waals surface area contributed by atoms with Crippen molar-refractivity contribution in [3.8, 4) is 22.3 Å². The number of nitrogens with zero attached hydrogens (tertiary/aromatic N) is 4. The molecular weight excluding hydrogens is 428 g/mol. The van der Waals surface area contributed by atoms with E-state index in [4.69, 9.17) is 4.98 Å². The van der Waals surface area contributed by atoms with Gasteiger partial charge in [0, 0.05) is 28.6 Å². The molecule has 4 nitrogen and oxygen atoms in total. The first-order chi connectivity index (χ1) is 17.4. The summed E-state index contributed by atoms with van der Waals surface area (Å²) in [5.41, 5.74) is 15.1. The summed E-state index contributed by atoms with van der Waals surface area (Å²) in [6.45, 7) is 0. The minimum absolute atomic E-state index is 0.874. The van der Waals surface area contributed by atoms with E-state index in [1.54, 1.807) is 0 Å². The van der Waals surface area contributed by atoms with Crippen molar-refractivity contribution in [2.24, 2.45) is 0 Å². The lowest BCUT2D eigenvalue weighted by Crippen LogP contribution is -1.95. The van der Waals surface area contributed by atoms with Crippen LogP contribution in [0.3, 0.4) is 0 Å². The monoisotopic (exact) mass is 446 g/mol. The van der Waals surface area contributed by atoms with Gasteiger partial charge in [0.05, 0.1) is 11.7 Å². The van der Waals surface area contributed by atoms with Crippen LogP contribution in [0.5, 0.6) is 0 Å². The highest BCUT2D eigenvalue weighted by Crippen LogP contribution is 2.50. The van der Waals surface area contributed by atoms with Crippen molar-refractivity contribution in [3.63, 3.8) is 0 Å². The van der Waals surface area contributed by atoms with Crippen molar-refractivity contribution in [2.75, 3.05) is 0 Å². The topological polar surface area (TPSA) is 43.1 Å². The highest BCUT2D eigenvalue weighted by Gasteiger charge is 2.30. The van der Waals surface area contributed by atoms with Gasteiger partial charge in [-0.15, -0.1) is 0 Å². The van der Waals surface area contributed by atoms with Crippen LogP contribution in [0.1, 0.15) is 22.3 Å². The highest BCUT2D eigenvalue weighted by molar-refractivity contribution is 6.20. The third kappa shape index (κ3) is 2.11. The Morgan fingerprint density at radius 2 is 1.54 bits per heavy atom. The Morgan fingerprint density at radius 1 is 0.657 bits per heavy atom. The molecule has 35 heavy (non-hydrogen) atoms. The van der Waals surface area contributed by atoms with Crippen LogP contribution in [0.2, 0.25) is 0 Å². The summed E-state index contributed by atoms with van der Waals surface area (Å²) in [6, 6.07) is 24.2. The zero-order chi connectivity index (χ0) is 22.7. The molecule has 0 atom stereocenters. The van der Waals surface area contributed by atoms with Gasteiger partial charge in [0.25, 0.3) is 0 Å². The summed E-state index contributed by atoms with van der Waals surface area (Å²) in [7, 11) is 0. The van der Waals surface area contributed by atoms with Crippen molar-refractivity contribution >= 4 is 38.5 Å². The van der Waals surface area contributed by atoms with Crippen LogP contribution in [0.4, 0.5) is 0 Å². The van der Waals surface area contributed by atoms with Crippen LogP contribution in [0.25, 0.3) is 60.7 Å². The Morgan fingerprint density at radius 3 is 2.54 bits per heavy atom. The molecule has 0 bridgehead atoms. The van der Waals surface area contributed by atoms with E-state index in [2.05, 4.69) is 69.0 Å². The zero-order valence-corrected chi connectivity index (χ0v) is 18.8. The molecule has 4 heterocycles. The maximum atomic E-state index is 5.03. The lowest BCUT2D eigenvalue weighted by atomic mass is 9.93. The van der Waals surface area contributed by atoms with Gasteiger partial charge in [-0.1, -0.05) is 48.5 Å². The maximum Gasteiger partial charge on any atom is 0.165 e. The summed E-state index contributed by atoms with van der Waals surface area (Å²) in [6.07, 6.45) is 7.68. The van der Waals surface area contributed by atoms with Crippen molar-refractivity contribution < 1.29 is 0 Å². The van der Waals surface area contributed by atoms with E-state index in [0.29, 0.717) is 0 Å². The third-order valence-corrected chi connectivity index (χ3v) is 8.00. The Labute approximate surface area is 200 Å². The van der Waals surface area contributed by atoms with Crippen molar-refractivity contribution in [1.82, 2.24) is 19.4 Å². The number of fused-ring (bicyclic) bond motifs is 16. The normalized spacial score (nSPS) is 13.5. The molecule has 4 heteroatoms. The molecule has 7 aromatic rings. The summed E-state index contributed by atoms with van der Waals surface area (Å²) in [5, 5.41) is 3.63. The third-order valence-electron chi connectivity index (χ3n) is 8.00. The predicted molar refractivity (Wildman–Crippen MR) is 140 cm³/mol. The molecule has 0 saturated heterocycles.